The molecule has 2 nitrogen and oxygen atoms in total. The number of anilines is 1. The van der Waals surface area contributed by atoms with Gasteiger partial charge in [0, 0.05) is 23.8 Å². The lowest BCUT2D eigenvalue weighted by Gasteiger charge is -2.31. The Labute approximate surface area is 121 Å². The number of carbonyl (C=O) groups excluding carboxylic acids is 1. The SMILES string of the molecule is CCCCN(c1ccc(C(C)=O)c(Cl)c1)C(C)CC. The fourth-order valence-corrected chi connectivity index (χ4v) is 2.43. The summed E-state index contributed by atoms with van der Waals surface area (Å²) in [6, 6.07) is 6.23. The van der Waals surface area contributed by atoms with E-state index in [9.17, 15) is 4.79 Å². The van der Waals surface area contributed by atoms with Crippen LogP contribution < -0.4 is 4.90 Å². The summed E-state index contributed by atoms with van der Waals surface area (Å²) in [6.07, 6.45) is 3.43. The van der Waals surface area contributed by atoms with Crippen LogP contribution in [0, 0.1) is 0 Å². The molecule has 0 saturated carbocycles. The molecule has 1 rings (SSSR count). The summed E-state index contributed by atoms with van der Waals surface area (Å²) in [6.45, 7) is 9.18. The standard InChI is InChI=1S/C16H24ClNO/c1-5-7-10-18(12(3)6-2)14-8-9-15(13(4)19)16(17)11-14/h8-9,11-12H,5-7,10H2,1-4H3. The zero-order valence-corrected chi connectivity index (χ0v) is 13.1. The second kappa shape index (κ2) is 7.54. The van der Waals surface area contributed by atoms with Crippen LogP contribution in [-0.2, 0) is 0 Å². The van der Waals surface area contributed by atoms with E-state index >= 15 is 0 Å². The van der Waals surface area contributed by atoms with E-state index in [1.54, 1.807) is 6.92 Å². The zero-order valence-electron chi connectivity index (χ0n) is 12.4. The summed E-state index contributed by atoms with van der Waals surface area (Å²) in [5.41, 5.74) is 1.71. The number of carbonyl (C=O) groups is 1. The van der Waals surface area contributed by atoms with Crippen LogP contribution in [0.2, 0.25) is 5.02 Å². The summed E-state index contributed by atoms with van der Waals surface area (Å²) in [5.74, 6) is 0.0141. The van der Waals surface area contributed by atoms with Gasteiger partial charge >= 0.3 is 0 Å². The highest BCUT2D eigenvalue weighted by Crippen LogP contribution is 2.26. The highest BCUT2D eigenvalue weighted by molar-refractivity contribution is 6.34. The van der Waals surface area contributed by atoms with Crippen molar-refractivity contribution in [2.45, 2.75) is 53.0 Å². The van der Waals surface area contributed by atoms with E-state index in [1.165, 1.54) is 6.42 Å². The van der Waals surface area contributed by atoms with Gasteiger partial charge in [0.1, 0.15) is 0 Å². The molecule has 0 amide bonds. The lowest BCUT2D eigenvalue weighted by molar-refractivity contribution is 0.101. The topological polar surface area (TPSA) is 20.3 Å². The fraction of sp³-hybridized carbons (Fsp3) is 0.562. The van der Waals surface area contributed by atoms with Crippen LogP contribution in [0.3, 0.4) is 0 Å². The summed E-state index contributed by atoms with van der Waals surface area (Å²) >= 11 is 6.20. The van der Waals surface area contributed by atoms with Gasteiger partial charge in [-0.3, -0.25) is 4.79 Å². The van der Waals surface area contributed by atoms with E-state index in [0.717, 1.165) is 25.1 Å². The minimum atomic E-state index is 0.0141. The Kier molecular flexibility index (Phi) is 6.36. The highest BCUT2D eigenvalue weighted by Gasteiger charge is 2.14. The van der Waals surface area contributed by atoms with Gasteiger partial charge in [-0.15, -0.1) is 0 Å². The molecule has 0 aliphatic carbocycles. The zero-order chi connectivity index (χ0) is 14.4. The Balaban J connectivity index is 3.02. The third-order valence-corrected chi connectivity index (χ3v) is 3.85. The molecule has 0 aromatic heterocycles. The van der Waals surface area contributed by atoms with Crippen molar-refractivity contribution in [2.75, 3.05) is 11.4 Å². The van der Waals surface area contributed by atoms with Gasteiger partial charge in [0.25, 0.3) is 0 Å². The molecular formula is C16H24ClNO. The summed E-state index contributed by atoms with van der Waals surface area (Å²) < 4.78 is 0. The minimum absolute atomic E-state index is 0.0141. The summed E-state index contributed by atoms with van der Waals surface area (Å²) in [7, 11) is 0. The predicted molar refractivity (Wildman–Crippen MR) is 83.5 cm³/mol. The molecule has 106 valence electrons. The van der Waals surface area contributed by atoms with Crippen molar-refractivity contribution in [1.29, 1.82) is 0 Å². The number of halogens is 1. The molecule has 3 heteroatoms. The Bertz CT molecular complexity index is 431. The van der Waals surface area contributed by atoms with E-state index < -0.39 is 0 Å². The minimum Gasteiger partial charge on any atom is -0.369 e. The van der Waals surface area contributed by atoms with E-state index in [1.807, 2.05) is 18.2 Å². The normalized spacial score (nSPS) is 12.3. The number of hydrogen-bond donors (Lipinski definition) is 0. The number of nitrogens with zero attached hydrogens (tertiary/aromatic N) is 1. The molecular weight excluding hydrogens is 258 g/mol. The molecule has 0 radical (unpaired) electrons. The number of unbranched alkanes of at least 4 members (excludes halogenated alkanes) is 1. The first-order valence-electron chi connectivity index (χ1n) is 7.08. The van der Waals surface area contributed by atoms with E-state index in [2.05, 4.69) is 25.7 Å². The number of benzene rings is 1. The van der Waals surface area contributed by atoms with Gasteiger partial charge in [-0.25, -0.2) is 0 Å². The number of ketones is 1. The molecule has 1 unspecified atom stereocenters. The van der Waals surface area contributed by atoms with Gasteiger partial charge in [-0.1, -0.05) is 31.9 Å². The van der Waals surface area contributed by atoms with Gasteiger partial charge in [0.2, 0.25) is 0 Å². The molecule has 19 heavy (non-hydrogen) atoms. The summed E-state index contributed by atoms with van der Waals surface area (Å²) in [5, 5.41) is 0.551. The lowest BCUT2D eigenvalue weighted by atomic mass is 10.1. The Morgan fingerprint density at radius 3 is 2.53 bits per heavy atom. The van der Waals surface area contributed by atoms with Crippen molar-refractivity contribution in [1.82, 2.24) is 0 Å². The average molecular weight is 282 g/mol. The van der Waals surface area contributed by atoms with E-state index in [-0.39, 0.29) is 5.78 Å². The molecule has 0 fully saturated rings. The monoisotopic (exact) mass is 281 g/mol. The predicted octanol–water partition coefficient (Wildman–Crippen LogP) is 4.95. The molecule has 1 atom stereocenters. The van der Waals surface area contributed by atoms with Crippen LogP contribution in [0.4, 0.5) is 5.69 Å². The van der Waals surface area contributed by atoms with Crippen molar-refractivity contribution in [3.8, 4) is 0 Å². The Morgan fingerprint density at radius 2 is 2.05 bits per heavy atom. The van der Waals surface area contributed by atoms with Gasteiger partial charge in [-0.2, -0.15) is 0 Å². The maximum absolute atomic E-state index is 11.4. The quantitative estimate of drug-likeness (QED) is 0.659. The van der Waals surface area contributed by atoms with Crippen molar-refractivity contribution >= 4 is 23.1 Å². The molecule has 1 aromatic carbocycles. The molecule has 0 aliphatic rings. The molecule has 1 aromatic rings. The maximum atomic E-state index is 11.4. The van der Waals surface area contributed by atoms with Crippen molar-refractivity contribution in [3.63, 3.8) is 0 Å². The molecule has 0 bridgehead atoms. The number of rotatable bonds is 7. The molecule has 0 aliphatic heterocycles. The first-order chi connectivity index (χ1) is 9.01. The first kappa shape index (κ1) is 16.0. The fourth-order valence-electron chi connectivity index (χ4n) is 2.12. The molecule has 0 N–H and O–H groups in total. The Morgan fingerprint density at radius 1 is 1.37 bits per heavy atom. The van der Waals surface area contributed by atoms with Crippen molar-refractivity contribution in [3.05, 3.63) is 28.8 Å². The van der Waals surface area contributed by atoms with E-state index in [0.29, 0.717) is 16.6 Å². The second-order valence-corrected chi connectivity index (χ2v) is 5.43. The lowest BCUT2D eigenvalue weighted by Crippen LogP contribution is -2.33. The Hall–Kier alpha value is -1.02. The van der Waals surface area contributed by atoms with Gasteiger partial charge in [0.15, 0.2) is 5.78 Å². The largest absolute Gasteiger partial charge is 0.369 e. The van der Waals surface area contributed by atoms with Crippen LogP contribution in [0.25, 0.3) is 0 Å². The van der Waals surface area contributed by atoms with Gasteiger partial charge in [0.05, 0.1) is 5.02 Å². The molecule has 0 spiro atoms. The van der Waals surface area contributed by atoms with E-state index in [4.69, 9.17) is 11.6 Å². The third-order valence-electron chi connectivity index (χ3n) is 3.54. The van der Waals surface area contributed by atoms with Gasteiger partial charge < -0.3 is 4.90 Å². The second-order valence-electron chi connectivity index (χ2n) is 5.02. The average Bonchev–Trinajstić information content (AvgIpc) is 2.38. The highest BCUT2D eigenvalue weighted by atomic mass is 35.5. The van der Waals surface area contributed by atoms with Crippen LogP contribution in [-0.4, -0.2) is 18.4 Å². The van der Waals surface area contributed by atoms with Gasteiger partial charge in [-0.05, 0) is 44.9 Å². The first-order valence-corrected chi connectivity index (χ1v) is 7.46. The van der Waals surface area contributed by atoms with Crippen molar-refractivity contribution < 1.29 is 4.79 Å². The number of Topliss-reactive ketones (excluding diaryl/α,β-unsaturated/α-hetero) is 1. The maximum Gasteiger partial charge on any atom is 0.161 e. The van der Waals surface area contributed by atoms with Crippen LogP contribution in [0.15, 0.2) is 18.2 Å². The van der Waals surface area contributed by atoms with Crippen LogP contribution >= 0.6 is 11.6 Å². The van der Waals surface area contributed by atoms with Crippen molar-refractivity contribution in [2.24, 2.45) is 0 Å². The number of hydrogen-bond acceptors (Lipinski definition) is 2. The van der Waals surface area contributed by atoms with Crippen LogP contribution in [0.1, 0.15) is 57.3 Å². The third kappa shape index (κ3) is 4.24. The summed E-state index contributed by atoms with van der Waals surface area (Å²) in [4.78, 5) is 13.8. The molecule has 0 saturated heterocycles. The molecule has 0 heterocycles. The van der Waals surface area contributed by atoms with Crippen LogP contribution in [0.5, 0.6) is 0 Å². The smallest absolute Gasteiger partial charge is 0.161 e.